The van der Waals surface area contributed by atoms with Gasteiger partial charge in [-0.25, -0.2) is 22.8 Å². The Kier molecular flexibility index (Phi) is 7.46. The van der Waals surface area contributed by atoms with Crippen LogP contribution in [0.15, 0.2) is 49.1 Å². The molecule has 0 saturated carbocycles. The zero-order valence-corrected chi connectivity index (χ0v) is 22.6. The van der Waals surface area contributed by atoms with Crippen LogP contribution in [0.5, 0.6) is 11.5 Å². The normalized spacial score (nSPS) is 13.7. The number of anilines is 1. The molecule has 0 aliphatic carbocycles. The van der Waals surface area contributed by atoms with E-state index in [0.29, 0.717) is 22.7 Å². The van der Waals surface area contributed by atoms with E-state index >= 15 is 4.39 Å². The zero-order chi connectivity index (χ0) is 28.4. The maximum absolute atomic E-state index is 15.9. The number of hydrogen-bond donors (Lipinski definition) is 1. The zero-order valence-electron chi connectivity index (χ0n) is 21.7. The van der Waals surface area contributed by atoms with Crippen molar-refractivity contribution in [3.63, 3.8) is 0 Å². The fourth-order valence-corrected chi connectivity index (χ4v) is 5.06. The van der Waals surface area contributed by atoms with Gasteiger partial charge < -0.3 is 9.47 Å². The molecule has 2 atom stereocenters. The summed E-state index contributed by atoms with van der Waals surface area (Å²) in [5.74, 6) is 0.283. The summed E-state index contributed by atoms with van der Waals surface area (Å²) >= 11 is 0. The number of pyridine rings is 1. The molecule has 202 valence electrons. The Bertz CT molecular complexity index is 1630. The van der Waals surface area contributed by atoms with Crippen LogP contribution >= 0.6 is 0 Å². The predicted octanol–water partition coefficient (Wildman–Crippen LogP) is 3.33. The van der Waals surface area contributed by atoms with Gasteiger partial charge in [-0.2, -0.15) is 5.26 Å². The molecule has 12 nitrogen and oxygen atoms in total. The first-order chi connectivity index (χ1) is 18.5. The van der Waals surface area contributed by atoms with Crippen LogP contribution in [0.1, 0.15) is 30.8 Å². The molecule has 14 heteroatoms. The number of hydrogen-bond acceptors (Lipinski definition) is 10. The van der Waals surface area contributed by atoms with Crippen molar-refractivity contribution < 1.29 is 22.3 Å². The summed E-state index contributed by atoms with van der Waals surface area (Å²) in [6.45, 7) is 4.08. The monoisotopic (exact) mass is 552 g/mol. The molecule has 0 fully saturated rings. The number of aromatic nitrogens is 6. The molecular formula is C25H25FN8O4S. The van der Waals surface area contributed by atoms with E-state index in [1.807, 2.05) is 13.0 Å². The fourth-order valence-electron chi connectivity index (χ4n) is 3.81. The van der Waals surface area contributed by atoms with Crippen LogP contribution in [0.25, 0.3) is 17.1 Å². The van der Waals surface area contributed by atoms with Gasteiger partial charge in [-0.05, 0) is 44.5 Å². The first kappa shape index (κ1) is 27.4. The van der Waals surface area contributed by atoms with E-state index in [0.717, 1.165) is 24.9 Å². The third kappa shape index (κ3) is 5.21. The molecular weight excluding hydrogens is 527 g/mol. The highest BCUT2D eigenvalue weighted by Gasteiger charge is 2.45. The molecule has 0 amide bonds. The lowest BCUT2D eigenvalue weighted by Gasteiger charge is -2.26. The number of nitrogens with zero attached hydrogens (tertiary/aromatic N) is 7. The van der Waals surface area contributed by atoms with Crippen LogP contribution in [0, 0.1) is 18.3 Å². The van der Waals surface area contributed by atoms with Crippen molar-refractivity contribution in [2.45, 2.75) is 31.7 Å². The first-order valence-corrected chi connectivity index (χ1v) is 13.1. The number of rotatable bonds is 9. The average molecular weight is 553 g/mol. The molecule has 0 spiro atoms. The van der Waals surface area contributed by atoms with E-state index in [4.69, 9.17) is 14.7 Å². The van der Waals surface area contributed by atoms with Crippen LogP contribution in [-0.2, 0) is 15.7 Å². The smallest absolute Gasteiger partial charge is 0.243 e. The Balaban J connectivity index is 1.85. The number of nitrogens with one attached hydrogen (secondary N) is 1. The van der Waals surface area contributed by atoms with Crippen molar-refractivity contribution in [2.75, 3.05) is 18.9 Å². The molecule has 3 aromatic heterocycles. The molecule has 0 aliphatic heterocycles. The van der Waals surface area contributed by atoms with Crippen molar-refractivity contribution in [3.8, 4) is 34.6 Å². The summed E-state index contributed by atoms with van der Waals surface area (Å²) in [6, 6.07) is 8.67. The molecule has 1 unspecified atom stereocenters. The molecule has 1 aromatic carbocycles. The molecule has 39 heavy (non-hydrogen) atoms. The Morgan fingerprint density at radius 3 is 2.31 bits per heavy atom. The van der Waals surface area contributed by atoms with E-state index in [2.05, 4.69) is 29.9 Å². The lowest BCUT2D eigenvalue weighted by Crippen LogP contribution is -2.41. The summed E-state index contributed by atoms with van der Waals surface area (Å²) < 4.78 is 57.8. The van der Waals surface area contributed by atoms with E-state index in [-0.39, 0.29) is 17.3 Å². The largest absolute Gasteiger partial charge is 0.494 e. The quantitative estimate of drug-likeness (QED) is 0.326. The standard InChI is InChI=1S/C25H25FN8O4S/c1-15-9-18(14-28-11-15)22-31-32-24(34(22)21-19(37-4)7-6-8-20(21)38-5)33-39(35,36)16(2)25(3,26)23-29-12-17(10-27)13-30-23/h6-9,11-14,16H,1-5H3,(H,32,33)/t16-,25?/m0/s1. The van der Waals surface area contributed by atoms with Crippen LogP contribution in [0.4, 0.5) is 10.3 Å². The Hall–Kier alpha value is -4.64. The van der Waals surface area contributed by atoms with Gasteiger partial charge in [-0.15, -0.1) is 10.2 Å². The van der Waals surface area contributed by atoms with Gasteiger partial charge in [0, 0.05) is 30.4 Å². The van der Waals surface area contributed by atoms with E-state index in [1.165, 1.54) is 25.7 Å². The Labute approximate surface area is 224 Å². The van der Waals surface area contributed by atoms with Crippen molar-refractivity contribution in [1.82, 2.24) is 29.7 Å². The summed E-state index contributed by atoms with van der Waals surface area (Å²) in [6.07, 6.45) is 5.46. The number of halogens is 1. The van der Waals surface area contributed by atoms with Gasteiger partial charge in [-0.1, -0.05) is 6.07 Å². The molecule has 4 aromatic rings. The maximum atomic E-state index is 15.9. The van der Waals surface area contributed by atoms with Crippen LogP contribution in [-0.4, -0.2) is 57.6 Å². The van der Waals surface area contributed by atoms with Gasteiger partial charge in [0.25, 0.3) is 0 Å². The van der Waals surface area contributed by atoms with Gasteiger partial charge in [0.2, 0.25) is 16.0 Å². The number of para-hydroxylation sites is 1. The van der Waals surface area contributed by atoms with Crippen LogP contribution in [0.3, 0.4) is 0 Å². The summed E-state index contributed by atoms with van der Waals surface area (Å²) in [5, 5.41) is 15.6. The second kappa shape index (κ2) is 10.6. The minimum atomic E-state index is -4.47. The lowest BCUT2D eigenvalue weighted by atomic mass is 10.0. The number of nitriles is 1. The minimum Gasteiger partial charge on any atom is -0.494 e. The number of methoxy groups -OCH3 is 2. The molecule has 0 saturated heterocycles. The highest BCUT2D eigenvalue weighted by atomic mass is 32.2. The van der Waals surface area contributed by atoms with Gasteiger partial charge in [0.05, 0.1) is 19.8 Å². The van der Waals surface area contributed by atoms with Gasteiger partial charge in [-0.3, -0.25) is 14.3 Å². The second-order valence-electron chi connectivity index (χ2n) is 8.72. The lowest BCUT2D eigenvalue weighted by molar-refractivity contribution is 0.175. The number of aryl methyl sites for hydroxylation is 1. The summed E-state index contributed by atoms with van der Waals surface area (Å²) in [7, 11) is -1.57. The summed E-state index contributed by atoms with van der Waals surface area (Å²) in [4.78, 5) is 11.9. The number of sulfonamides is 1. The SMILES string of the molecule is COc1cccc(OC)c1-n1c(NS(=O)(=O)[C@@H](C)C(C)(F)c2ncc(C#N)cn2)nnc1-c1cncc(C)c1. The van der Waals surface area contributed by atoms with Gasteiger partial charge in [0.1, 0.15) is 28.5 Å². The highest BCUT2D eigenvalue weighted by molar-refractivity contribution is 7.93. The van der Waals surface area contributed by atoms with Crippen molar-refractivity contribution >= 4 is 16.0 Å². The molecule has 0 aliphatic rings. The first-order valence-electron chi connectivity index (χ1n) is 11.6. The molecule has 1 N–H and O–H groups in total. The van der Waals surface area contributed by atoms with Crippen LogP contribution < -0.4 is 14.2 Å². The average Bonchev–Trinajstić information content (AvgIpc) is 3.34. The van der Waals surface area contributed by atoms with Crippen molar-refractivity contribution in [3.05, 3.63) is 66.0 Å². The van der Waals surface area contributed by atoms with Crippen molar-refractivity contribution in [2.24, 2.45) is 0 Å². The van der Waals surface area contributed by atoms with E-state index in [9.17, 15) is 8.42 Å². The third-order valence-corrected chi connectivity index (χ3v) is 7.94. The Morgan fingerprint density at radius 2 is 1.74 bits per heavy atom. The number of alkyl halides is 1. The van der Waals surface area contributed by atoms with E-state index in [1.54, 1.807) is 36.7 Å². The van der Waals surface area contributed by atoms with Crippen LogP contribution in [0.2, 0.25) is 0 Å². The number of ether oxygens (including phenoxy) is 2. The molecule has 0 bridgehead atoms. The second-order valence-corrected chi connectivity index (χ2v) is 10.7. The molecule has 0 radical (unpaired) electrons. The summed E-state index contributed by atoms with van der Waals surface area (Å²) in [5.41, 5.74) is -0.737. The fraction of sp³-hybridized carbons (Fsp3) is 0.280. The van der Waals surface area contributed by atoms with Gasteiger partial charge >= 0.3 is 0 Å². The highest BCUT2D eigenvalue weighted by Crippen LogP contribution is 2.38. The van der Waals surface area contributed by atoms with E-state index < -0.39 is 26.8 Å². The van der Waals surface area contributed by atoms with Gasteiger partial charge in [0.15, 0.2) is 17.3 Å². The Morgan fingerprint density at radius 1 is 1.10 bits per heavy atom. The predicted molar refractivity (Wildman–Crippen MR) is 140 cm³/mol. The number of benzene rings is 1. The topological polar surface area (TPSA) is 158 Å². The van der Waals surface area contributed by atoms with Crippen molar-refractivity contribution in [1.29, 1.82) is 5.26 Å². The molecule has 4 rings (SSSR count). The minimum absolute atomic E-state index is 0.111. The third-order valence-electron chi connectivity index (χ3n) is 6.10. The molecule has 3 heterocycles. The maximum Gasteiger partial charge on any atom is 0.243 e.